The summed E-state index contributed by atoms with van der Waals surface area (Å²) >= 11 is 0. The van der Waals surface area contributed by atoms with Crippen LogP contribution in [0.25, 0.3) is 21.9 Å². The number of benzene rings is 1. The molecule has 2 heterocycles. The number of anilines is 1. The number of nitrogens with zero attached hydrogens (tertiary/aromatic N) is 2. The molecule has 3 aromatic rings. The van der Waals surface area contributed by atoms with Gasteiger partial charge in [-0.05, 0) is 37.0 Å². The Labute approximate surface area is 152 Å². The topological polar surface area (TPSA) is 90.0 Å². The summed E-state index contributed by atoms with van der Waals surface area (Å²) in [5.41, 5.74) is 9.15. The Morgan fingerprint density at radius 2 is 2.00 bits per heavy atom. The molecule has 136 valence electrons. The molecule has 0 saturated carbocycles. The lowest BCUT2D eigenvalue weighted by Gasteiger charge is -2.16. The smallest absolute Gasteiger partial charge is 0.226 e. The van der Waals surface area contributed by atoms with Crippen molar-refractivity contribution in [3.8, 4) is 0 Å². The van der Waals surface area contributed by atoms with Crippen LogP contribution < -0.4 is 11.1 Å². The summed E-state index contributed by atoms with van der Waals surface area (Å²) in [4.78, 5) is 26.7. The molecule has 2 amide bonds. The van der Waals surface area contributed by atoms with Crippen molar-refractivity contribution in [3.05, 3.63) is 35.9 Å². The Kier molecular flexibility index (Phi) is 4.93. The SMILES string of the molecule is CC(C)c1cc2c3ccccc3n(C(C)CCC(=O)NC=O)c2nc1N. The Morgan fingerprint density at radius 3 is 2.69 bits per heavy atom. The fraction of sp³-hybridized carbons (Fsp3) is 0.350. The number of amides is 2. The van der Waals surface area contributed by atoms with Gasteiger partial charge in [-0.2, -0.15) is 0 Å². The molecule has 3 N–H and O–H groups in total. The van der Waals surface area contributed by atoms with Gasteiger partial charge in [-0.3, -0.25) is 14.9 Å². The van der Waals surface area contributed by atoms with Gasteiger partial charge in [-0.15, -0.1) is 0 Å². The predicted octanol–water partition coefficient (Wildman–Crippen LogP) is 3.51. The zero-order valence-corrected chi connectivity index (χ0v) is 15.3. The van der Waals surface area contributed by atoms with E-state index in [4.69, 9.17) is 10.7 Å². The molecule has 6 nitrogen and oxygen atoms in total. The minimum atomic E-state index is -0.276. The molecule has 6 heteroatoms. The van der Waals surface area contributed by atoms with E-state index in [0.717, 1.165) is 27.5 Å². The van der Waals surface area contributed by atoms with Crippen LogP contribution in [0.3, 0.4) is 0 Å². The second-order valence-corrected chi connectivity index (χ2v) is 6.95. The molecule has 0 fully saturated rings. The van der Waals surface area contributed by atoms with Crippen LogP contribution in [0.5, 0.6) is 0 Å². The van der Waals surface area contributed by atoms with Gasteiger partial charge in [0.1, 0.15) is 11.5 Å². The van der Waals surface area contributed by atoms with Crippen molar-refractivity contribution in [2.45, 2.75) is 45.6 Å². The number of nitrogen functional groups attached to an aromatic ring is 1. The van der Waals surface area contributed by atoms with E-state index < -0.39 is 0 Å². The number of pyridine rings is 1. The first-order chi connectivity index (χ1) is 12.4. The van der Waals surface area contributed by atoms with E-state index >= 15 is 0 Å². The first kappa shape index (κ1) is 17.9. The Morgan fingerprint density at radius 1 is 1.27 bits per heavy atom. The molecule has 0 aliphatic carbocycles. The highest BCUT2D eigenvalue weighted by atomic mass is 16.2. The molecule has 0 bridgehead atoms. The Balaban J connectivity index is 2.12. The zero-order chi connectivity index (χ0) is 18.8. The molecule has 0 spiro atoms. The third-order valence-corrected chi connectivity index (χ3v) is 4.82. The second-order valence-electron chi connectivity index (χ2n) is 6.95. The van der Waals surface area contributed by atoms with E-state index in [9.17, 15) is 9.59 Å². The van der Waals surface area contributed by atoms with Crippen molar-refractivity contribution in [2.75, 3.05) is 5.73 Å². The summed E-state index contributed by atoms with van der Waals surface area (Å²) in [6, 6.07) is 10.3. The number of rotatable bonds is 6. The van der Waals surface area contributed by atoms with Gasteiger partial charge in [0.25, 0.3) is 0 Å². The van der Waals surface area contributed by atoms with Crippen molar-refractivity contribution in [1.82, 2.24) is 14.9 Å². The maximum Gasteiger partial charge on any atom is 0.226 e. The number of imide groups is 1. The van der Waals surface area contributed by atoms with Crippen LogP contribution in [0.4, 0.5) is 5.82 Å². The molecule has 0 aliphatic rings. The average molecular weight is 352 g/mol. The predicted molar refractivity (Wildman–Crippen MR) is 104 cm³/mol. The van der Waals surface area contributed by atoms with Crippen molar-refractivity contribution in [1.29, 1.82) is 0 Å². The van der Waals surface area contributed by atoms with Gasteiger partial charge in [-0.25, -0.2) is 4.98 Å². The summed E-state index contributed by atoms with van der Waals surface area (Å²) < 4.78 is 2.14. The molecule has 3 rings (SSSR count). The number of para-hydroxylation sites is 1. The molecule has 26 heavy (non-hydrogen) atoms. The van der Waals surface area contributed by atoms with E-state index in [1.807, 2.05) is 19.1 Å². The number of nitrogens with two attached hydrogens (primary N) is 1. The molecular formula is C20H24N4O2. The van der Waals surface area contributed by atoms with E-state index in [1.165, 1.54) is 0 Å². The number of hydrogen-bond acceptors (Lipinski definition) is 4. The molecule has 2 aromatic heterocycles. The summed E-state index contributed by atoms with van der Waals surface area (Å²) in [6.07, 6.45) is 1.29. The molecule has 1 unspecified atom stereocenters. The Bertz CT molecular complexity index is 975. The number of carbonyl (C=O) groups excluding carboxylic acids is 2. The van der Waals surface area contributed by atoms with Crippen LogP contribution >= 0.6 is 0 Å². The lowest BCUT2D eigenvalue weighted by atomic mass is 10.0. The van der Waals surface area contributed by atoms with Crippen LogP contribution in [-0.2, 0) is 9.59 Å². The first-order valence-electron chi connectivity index (χ1n) is 8.86. The fourth-order valence-corrected chi connectivity index (χ4v) is 3.46. The highest BCUT2D eigenvalue weighted by Gasteiger charge is 2.19. The van der Waals surface area contributed by atoms with Crippen LogP contribution in [0.15, 0.2) is 30.3 Å². The van der Waals surface area contributed by atoms with Gasteiger partial charge in [-0.1, -0.05) is 32.0 Å². The van der Waals surface area contributed by atoms with Crippen molar-refractivity contribution >= 4 is 40.1 Å². The van der Waals surface area contributed by atoms with E-state index in [0.29, 0.717) is 24.6 Å². The van der Waals surface area contributed by atoms with E-state index in [2.05, 4.69) is 41.9 Å². The van der Waals surface area contributed by atoms with Crippen molar-refractivity contribution < 1.29 is 9.59 Å². The quantitative estimate of drug-likeness (QED) is 0.664. The number of nitrogens with one attached hydrogen (secondary N) is 1. The second kappa shape index (κ2) is 7.15. The summed E-state index contributed by atoms with van der Waals surface area (Å²) in [6.45, 7) is 6.26. The summed E-state index contributed by atoms with van der Waals surface area (Å²) in [5, 5.41) is 4.38. The fourth-order valence-electron chi connectivity index (χ4n) is 3.46. The minimum absolute atomic E-state index is 0.0339. The van der Waals surface area contributed by atoms with Crippen LogP contribution in [0, 0.1) is 0 Å². The van der Waals surface area contributed by atoms with Crippen LogP contribution in [0.1, 0.15) is 51.1 Å². The molecule has 1 atom stereocenters. The monoisotopic (exact) mass is 352 g/mol. The molecule has 0 saturated heterocycles. The lowest BCUT2D eigenvalue weighted by molar-refractivity contribution is -0.125. The van der Waals surface area contributed by atoms with Gasteiger partial charge in [0, 0.05) is 23.2 Å². The Hall–Kier alpha value is -2.89. The normalized spacial score (nSPS) is 12.6. The average Bonchev–Trinajstić information content (AvgIpc) is 2.92. The van der Waals surface area contributed by atoms with Crippen LogP contribution in [-0.4, -0.2) is 21.9 Å². The third-order valence-electron chi connectivity index (χ3n) is 4.82. The van der Waals surface area contributed by atoms with E-state index in [-0.39, 0.29) is 18.4 Å². The summed E-state index contributed by atoms with van der Waals surface area (Å²) in [5.74, 6) is 0.558. The van der Waals surface area contributed by atoms with Crippen LogP contribution in [0.2, 0.25) is 0 Å². The number of aromatic nitrogens is 2. The maximum atomic E-state index is 11.6. The lowest BCUT2D eigenvalue weighted by Crippen LogP contribution is -2.22. The number of fused-ring (bicyclic) bond motifs is 3. The number of hydrogen-bond donors (Lipinski definition) is 2. The van der Waals surface area contributed by atoms with E-state index in [1.54, 1.807) is 0 Å². The standard InChI is InChI=1S/C20H24N4O2/c1-12(2)15-10-16-14-6-4-5-7-17(14)24(20(16)23-19(15)21)13(3)8-9-18(26)22-11-25/h4-7,10-13H,8-9H2,1-3H3,(H2,21,23)(H,22,25,26). The largest absolute Gasteiger partial charge is 0.383 e. The third kappa shape index (κ3) is 3.14. The highest BCUT2D eigenvalue weighted by molar-refractivity contribution is 6.07. The molecule has 0 aliphatic heterocycles. The highest BCUT2D eigenvalue weighted by Crippen LogP contribution is 2.35. The van der Waals surface area contributed by atoms with Gasteiger partial charge in [0.05, 0.1) is 5.52 Å². The molecule has 1 aromatic carbocycles. The van der Waals surface area contributed by atoms with Crippen molar-refractivity contribution in [2.24, 2.45) is 0 Å². The zero-order valence-electron chi connectivity index (χ0n) is 15.3. The van der Waals surface area contributed by atoms with Gasteiger partial charge in [0.2, 0.25) is 12.3 Å². The molecule has 0 radical (unpaired) electrons. The van der Waals surface area contributed by atoms with Gasteiger partial charge < -0.3 is 10.3 Å². The molecular weight excluding hydrogens is 328 g/mol. The number of carbonyl (C=O) groups is 2. The van der Waals surface area contributed by atoms with Crippen molar-refractivity contribution in [3.63, 3.8) is 0 Å². The first-order valence-corrected chi connectivity index (χ1v) is 8.86. The maximum absolute atomic E-state index is 11.6. The van der Waals surface area contributed by atoms with Gasteiger partial charge >= 0.3 is 0 Å². The summed E-state index contributed by atoms with van der Waals surface area (Å²) in [7, 11) is 0. The van der Waals surface area contributed by atoms with Gasteiger partial charge in [0.15, 0.2) is 0 Å². The minimum Gasteiger partial charge on any atom is -0.383 e.